The van der Waals surface area contributed by atoms with Crippen LogP contribution in [0, 0.1) is 0 Å². The van der Waals surface area contributed by atoms with Gasteiger partial charge in [-0.25, -0.2) is 12.7 Å². The number of fused-ring (bicyclic) bond motifs is 1. The Hall–Kier alpha value is -2.25. The van der Waals surface area contributed by atoms with Gasteiger partial charge < -0.3 is 4.74 Å². The summed E-state index contributed by atoms with van der Waals surface area (Å²) < 4.78 is 32.4. The van der Waals surface area contributed by atoms with Gasteiger partial charge in [0.2, 0.25) is 10.0 Å². The van der Waals surface area contributed by atoms with Crippen molar-refractivity contribution in [1.82, 2.24) is 4.31 Å². The largest absolute Gasteiger partial charge is 0.497 e. The van der Waals surface area contributed by atoms with E-state index in [1.165, 1.54) is 16.1 Å². The van der Waals surface area contributed by atoms with Crippen molar-refractivity contribution in [1.29, 1.82) is 0 Å². The predicted molar refractivity (Wildman–Crippen MR) is 101 cm³/mol. The molecule has 25 heavy (non-hydrogen) atoms. The van der Waals surface area contributed by atoms with Crippen molar-refractivity contribution in [3.05, 3.63) is 71.1 Å². The second kappa shape index (κ2) is 6.24. The average molecular weight is 372 g/mol. The molecule has 0 saturated carbocycles. The monoisotopic (exact) mass is 372 g/mol. The van der Waals surface area contributed by atoms with E-state index < -0.39 is 16.1 Å². The molecule has 0 amide bonds. The van der Waals surface area contributed by atoms with Gasteiger partial charge in [0.25, 0.3) is 0 Å². The van der Waals surface area contributed by atoms with E-state index in [1.54, 1.807) is 7.11 Å². The highest BCUT2D eigenvalue weighted by atomic mass is 32.2. The number of rotatable bonds is 3. The summed E-state index contributed by atoms with van der Waals surface area (Å²) >= 11 is 1.35. The smallest absolute Gasteiger partial charge is 0.243 e. The fourth-order valence-electron chi connectivity index (χ4n) is 2.89. The lowest BCUT2D eigenvalue weighted by atomic mass is 10.1. The van der Waals surface area contributed by atoms with Gasteiger partial charge in [0.05, 0.1) is 24.6 Å². The number of nitrogens with zero attached hydrogens (tertiary/aromatic N) is 2. The molecule has 0 bridgehead atoms. The zero-order chi connectivity index (χ0) is 17.4. The number of hydrogen-bond donors (Lipinski definition) is 0. The Balaban J connectivity index is 1.70. The van der Waals surface area contributed by atoms with Gasteiger partial charge in [-0.05, 0) is 23.3 Å². The van der Waals surface area contributed by atoms with Gasteiger partial charge in [-0.2, -0.15) is 0 Å². The number of aliphatic imine (C=N–C) groups is 1. The Bertz CT molecular complexity index is 952. The minimum Gasteiger partial charge on any atom is -0.497 e. The molecule has 2 heterocycles. The molecule has 2 aliphatic heterocycles. The molecule has 5 nitrogen and oxygen atoms in total. The molecule has 7 heteroatoms. The van der Waals surface area contributed by atoms with Crippen LogP contribution in [0.1, 0.15) is 17.2 Å². The molecule has 128 valence electrons. The molecular weight excluding hydrogens is 356 g/mol. The Kier molecular flexibility index (Phi) is 4.05. The van der Waals surface area contributed by atoms with Crippen molar-refractivity contribution >= 4 is 32.6 Å². The van der Waals surface area contributed by atoms with Crippen LogP contribution in [-0.2, 0) is 10.0 Å². The van der Waals surface area contributed by atoms with Crippen LogP contribution in [-0.4, -0.2) is 30.8 Å². The highest BCUT2D eigenvalue weighted by molar-refractivity contribution is 8.18. The lowest BCUT2D eigenvalue weighted by Crippen LogP contribution is -2.38. The lowest BCUT2D eigenvalue weighted by Gasteiger charge is -2.29. The Labute approximate surface area is 151 Å². The molecular formula is C18H16N2O3S2. The Morgan fingerprint density at radius 3 is 2.52 bits per heavy atom. The van der Waals surface area contributed by atoms with Gasteiger partial charge in [-0.3, -0.25) is 4.99 Å². The Morgan fingerprint density at radius 2 is 1.84 bits per heavy atom. The number of hydrogen-bond acceptors (Lipinski definition) is 5. The molecule has 0 N–H and O–H groups in total. The summed E-state index contributed by atoms with van der Waals surface area (Å²) in [6, 6.07) is 16.5. The van der Waals surface area contributed by atoms with Crippen LogP contribution in [0.5, 0.6) is 5.75 Å². The molecule has 0 spiro atoms. The van der Waals surface area contributed by atoms with Crippen LogP contribution in [0.3, 0.4) is 0 Å². The molecule has 2 aromatic carbocycles. The fourth-order valence-corrected chi connectivity index (χ4v) is 5.83. The van der Waals surface area contributed by atoms with Crippen LogP contribution in [0.15, 0.2) is 65.0 Å². The summed E-state index contributed by atoms with van der Waals surface area (Å²) in [6.45, 7) is 0. The van der Waals surface area contributed by atoms with Crippen molar-refractivity contribution < 1.29 is 13.2 Å². The first-order valence-electron chi connectivity index (χ1n) is 7.75. The van der Waals surface area contributed by atoms with Gasteiger partial charge in [0.15, 0.2) is 5.17 Å². The predicted octanol–water partition coefficient (Wildman–Crippen LogP) is 3.48. The maximum absolute atomic E-state index is 12.9. The quantitative estimate of drug-likeness (QED) is 0.828. The van der Waals surface area contributed by atoms with Crippen molar-refractivity contribution in [2.45, 2.75) is 6.04 Å². The first kappa shape index (κ1) is 16.2. The van der Waals surface area contributed by atoms with Crippen LogP contribution in [0.2, 0.25) is 0 Å². The number of thioether (sulfide) groups is 1. The van der Waals surface area contributed by atoms with Crippen molar-refractivity contribution in [2.24, 2.45) is 4.99 Å². The molecule has 0 fully saturated rings. The van der Waals surface area contributed by atoms with E-state index in [9.17, 15) is 8.42 Å². The number of benzene rings is 2. The van der Waals surface area contributed by atoms with Gasteiger partial charge in [0.1, 0.15) is 5.75 Å². The highest BCUT2D eigenvalue weighted by Gasteiger charge is 2.40. The molecule has 1 atom stereocenters. The minimum absolute atomic E-state index is 0.0481. The lowest BCUT2D eigenvalue weighted by molar-refractivity contribution is 0.414. The zero-order valence-corrected chi connectivity index (χ0v) is 15.1. The van der Waals surface area contributed by atoms with Gasteiger partial charge in [0, 0.05) is 5.41 Å². The maximum Gasteiger partial charge on any atom is 0.243 e. The second-order valence-corrected chi connectivity index (χ2v) is 8.43. The highest BCUT2D eigenvalue weighted by Crippen LogP contribution is 2.41. The van der Waals surface area contributed by atoms with E-state index in [1.807, 2.05) is 60.0 Å². The van der Waals surface area contributed by atoms with Crippen LogP contribution >= 0.6 is 11.8 Å². The summed E-state index contributed by atoms with van der Waals surface area (Å²) in [5.74, 6) is 0.688. The third-order valence-corrected chi connectivity index (χ3v) is 6.77. The summed E-state index contributed by atoms with van der Waals surface area (Å²) in [5, 5.41) is 2.35. The summed E-state index contributed by atoms with van der Waals surface area (Å²) in [5.41, 5.74) is 2.40. The van der Waals surface area contributed by atoms with Crippen LogP contribution in [0.4, 0.5) is 0 Å². The number of sulfonamides is 1. The summed E-state index contributed by atoms with van der Waals surface area (Å²) in [4.78, 5) is 4.67. The molecule has 0 radical (unpaired) electrons. The molecule has 1 unspecified atom stereocenters. The normalized spacial score (nSPS) is 21.3. The van der Waals surface area contributed by atoms with Gasteiger partial charge >= 0.3 is 0 Å². The van der Waals surface area contributed by atoms with E-state index >= 15 is 0 Å². The summed E-state index contributed by atoms with van der Waals surface area (Å²) in [6.07, 6.45) is 0. The van der Waals surface area contributed by atoms with Crippen molar-refractivity contribution in [3.63, 3.8) is 0 Å². The van der Waals surface area contributed by atoms with Gasteiger partial charge in [-0.15, -0.1) is 0 Å². The molecule has 2 aliphatic rings. The molecule has 2 aromatic rings. The minimum atomic E-state index is -3.49. The molecule has 0 saturated heterocycles. The van der Waals surface area contributed by atoms with Gasteiger partial charge in [-0.1, -0.05) is 54.2 Å². The molecule has 0 aliphatic carbocycles. The third-order valence-electron chi connectivity index (χ3n) is 4.15. The Morgan fingerprint density at radius 1 is 1.12 bits per heavy atom. The van der Waals surface area contributed by atoms with E-state index in [0.29, 0.717) is 10.9 Å². The summed E-state index contributed by atoms with van der Waals surface area (Å²) in [7, 11) is -1.89. The number of amidine groups is 1. The second-order valence-electron chi connectivity index (χ2n) is 5.73. The number of methoxy groups -OCH3 is 1. The first-order valence-corrected chi connectivity index (χ1v) is 10.2. The van der Waals surface area contributed by atoms with E-state index in [0.717, 1.165) is 16.9 Å². The SMILES string of the molecule is COc1ccc(C2CS(=O)(=O)N3C(c4ccccc4)=CSC3=N2)cc1. The maximum atomic E-state index is 12.9. The molecule has 4 rings (SSSR count). The zero-order valence-electron chi connectivity index (χ0n) is 13.5. The van der Waals surface area contributed by atoms with Crippen LogP contribution in [0.25, 0.3) is 5.70 Å². The average Bonchev–Trinajstić information content (AvgIpc) is 3.07. The van der Waals surface area contributed by atoms with Crippen molar-refractivity contribution in [2.75, 3.05) is 12.9 Å². The van der Waals surface area contributed by atoms with E-state index in [2.05, 4.69) is 4.99 Å². The number of ether oxygens (including phenoxy) is 1. The van der Waals surface area contributed by atoms with E-state index in [-0.39, 0.29) is 5.75 Å². The fraction of sp³-hybridized carbons (Fsp3) is 0.167. The van der Waals surface area contributed by atoms with Crippen molar-refractivity contribution in [3.8, 4) is 5.75 Å². The first-order chi connectivity index (χ1) is 12.1. The standard InChI is InChI=1S/C18H16N2O3S2/c1-23-15-9-7-13(8-10-15)16-12-25(21,22)20-17(11-24-18(20)19-16)14-5-3-2-4-6-14/h2-11,16H,12H2,1H3. The van der Waals surface area contributed by atoms with Crippen LogP contribution < -0.4 is 4.74 Å². The third kappa shape index (κ3) is 2.94. The topological polar surface area (TPSA) is 59.0 Å². The van der Waals surface area contributed by atoms with E-state index in [4.69, 9.17) is 4.74 Å². The molecule has 0 aromatic heterocycles.